The van der Waals surface area contributed by atoms with Crippen molar-refractivity contribution in [2.75, 3.05) is 11.9 Å². The zero-order valence-electron chi connectivity index (χ0n) is 12.1. The van der Waals surface area contributed by atoms with E-state index < -0.39 is 0 Å². The first kappa shape index (κ1) is 14.9. The Labute approximate surface area is 129 Å². The fourth-order valence-electron chi connectivity index (χ4n) is 2.19. The Kier molecular flexibility index (Phi) is 5.07. The van der Waals surface area contributed by atoms with Crippen LogP contribution in [-0.2, 0) is 0 Å². The standard InChI is InChI=1S/C17H20BrNO/c1-4-20-17-8-6-5-7-15(17)13(3)19-16-11-14(18)10-9-12(16)2/h5-11,13,19H,4H2,1-3H3. The summed E-state index contributed by atoms with van der Waals surface area (Å²) in [4.78, 5) is 0. The zero-order chi connectivity index (χ0) is 14.5. The van der Waals surface area contributed by atoms with Crippen molar-refractivity contribution in [1.29, 1.82) is 0 Å². The van der Waals surface area contributed by atoms with Gasteiger partial charge in [-0.25, -0.2) is 0 Å². The SMILES string of the molecule is CCOc1ccccc1C(C)Nc1cc(Br)ccc1C. The average molecular weight is 334 g/mol. The molecule has 1 N–H and O–H groups in total. The number of benzene rings is 2. The Bertz CT molecular complexity index is 583. The molecule has 106 valence electrons. The number of hydrogen-bond acceptors (Lipinski definition) is 2. The number of para-hydroxylation sites is 1. The predicted molar refractivity (Wildman–Crippen MR) is 88.5 cm³/mol. The maximum Gasteiger partial charge on any atom is 0.124 e. The number of hydrogen-bond donors (Lipinski definition) is 1. The number of halogens is 1. The summed E-state index contributed by atoms with van der Waals surface area (Å²) in [7, 11) is 0. The maximum atomic E-state index is 5.70. The van der Waals surface area contributed by atoms with Crippen LogP contribution in [0.5, 0.6) is 5.75 Å². The number of ether oxygens (including phenoxy) is 1. The van der Waals surface area contributed by atoms with Crippen molar-refractivity contribution in [3.05, 3.63) is 58.1 Å². The first-order chi connectivity index (χ1) is 9.61. The van der Waals surface area contributed by atoms with Gasteiger partial charge in [-0.3, -0.25) is 0 Å². The number of aryl methyl sites for hydroxylation is 1. The fourth-order valence-corrected chi connectivity index (χ4v) is 2.55. The molecule has 0 aliphatic heterocycles. The summed E-state index contributed by atoms with van der Waals surface area (Å²) in [5, 5.41) is 3.56. The second-order valence-corrected chi connectivity index (χ2v) is 5.71. The van der Waals surface area contributed by atoms with Gasteiger partial charge in [0.05, 0.1) is 12.6 Å². The molecule has 20 heavy (non-hydrogen) atoms. The molecule has 0 aliphatic rings. The topological polar surface area (TPSA) is 21.3 Å². The molecule has 2 aromatic rings. The summed E-state index contributed by atoms with van der Waals surface area (Å²) in [5.74, 6) is 0.947. The van der Waals surface area contributed by atoms with Crippen molar-refractivity contribution in [2.45, 2.75) is 26.8 Å². The highest BCUT2D eigenvalue weighted by Gasteiger charge is 2.12. The van der Waals surface area contributed by atoms with E-state index in [-0.39, 0.29) is 6.04 Å². The molecule has 3 heteroatoms. The van der Waals surface area contributed by atoms with Crippen LogP contribution in [0, 0.1) is 6.92 Å². The van der Waals surface area contributed by atoms with Gasteiger partial charge in [-0.1, -0.05) is 40.2 Å². The molecule has 0 heterocycles. The summed E-state index contributed by atoms with van der Waals surface area (Å²) >= 11 is 3.52. The third-order valence-corrected chi connectivity index (χ3v) is 3.75. The summed E-state index contributed by atoms with van der Waals surface area (Å²) in [6, 6.07) is 14.6. The Hall–Kier alpha value is -1.48. The van der Waals surface area contributed by atoms with Gasteiger partial charge in [0.25, 0.3) is 0 Å². The summed E-state index contributed by atoms with van der Waals surface area (Å²) in [5.41, 5.74) is 3.54. The second kappa shape index (κ2) is 6.80. The van der Waals surface area contributed by atoms with Gasteiger partial charge in [0.15, 0.2) is 0 Å². The number of anilines is 1. The molecule has 2 rings (SSSR count). The molecule has 1 unspecified atom stereocenters. The highest BCUT2D eigenvalue weighted by Crippen LogP contribution is 2.30. The van der Waals surface area contributed by atoms with Gasteiger partial charge in [0.2, 0.25) is 0 Å². The Morgan fingerprint density at radius 1 is 1.20 bits per heavy atom. The Morgan fingerprint density at radius 3 is 2.70 bits per heavy atom. The van der Waals surface area contributed by atoms with Gasteiger partial charge >= 0.3 is 0 Å². The van der Waals surface area contributed by atoms with E-state index in [4.69, 9.17) is 4.74 Å². The molecule has 0 aromatic heterocycles. The van der Waals surface area contributed by atoms with E-state index in [9.17, 15) is 0 Å². The fraction of sp³-hybridized carbons (Fsp3) is 0.294. The van der Waals surface area contributed by atoms with Gasteiger partial charge in [-0.05, 0) is 44.5 Å². The third-order valence-electron chi connectivity index (χ3n) is 3.26. The molecule has 0 amide bonds. The minimum Gasteiger partial charge on any atom is -0.494 e. The second-order valence-electron chi connectivity index (χ2n) is 4.80. The van der Waals surface area contributed by atoms with Gasteiger partial charge in [-0.2, -0.15) is 0 Å². The van der Waals surface area contributed by atoms with E-state index in [1.54, 1.807) is 0 Å². The Balaban J connectivity index is 2.23. The number of rotatable bonds is 5. The molecule has 0 bridgehead atoms. The lowest BCUT2D eigenvalue weighted by molar-refractivity contribution is 0.335. The van der Waals surface area contributed by atoms with E-state index in [1.165, 1.54) is 11.1 Å². The first-order valence-electron chi connectivity index (χ1n) is 6.86. The van der Waals surface area contributed by atoms with Crippen LogP contribution in [0.2, 0.25) is 0 Å². The first-order valence-corrected chi connectivity index (χ1v) is 7.65. The zero-order valence-corrected chi connectivity index (χ0v) is 13.7. The largest absolute Gasteiger partial charge is 0.494 e. The van der Waals surface area contributed by atoms with Crippen LogP contribution in [0.15, 0.2) is 46.9 Å². The minimum absolute atomic E-state index is 0.186. The molecule has 0 fully saturated rings. The van der Waals surface area contributed by atoms with E-state index in [2.05, 4.69) is 59.4 Å². The lowest BCUT2D eigenvalue weighted by atomic mass is 10.1. The van der Waals surface area contributed by atoms with Crippen LogP contribution in [0.3, 0.4) is 0 Å². The smallest absolute Gasteiger partial charge is 0.124 e. The predicted octanol–water partition coefficient (Wildman–Crippen LogP) is 5.33. The van der Waals surface area contributed by atoms with E-state index in [0.717, 1.165) is 15.9 Å². The Morgan fingerprint density at radius 2 is 1.95 bits per heavy atom. The van der Waals surface area contributed by atoms with Crippen molar-refractivity contribution >= 4 is 21.6 Å². The van der Waals surface area contributed by atoms with E-state index in [1.807, 2.05) is 25.1 Å². The minimum atomic E-state index is 0.186. The van der Waals surface area contributed by atoms with Crippen LogP contribution < -0.4 is 10.1 Å². The molecular weight excluding hydrogens is 314 g/mol. The third kappa shape index (κ3) is 3.54. The van der Waals surface area contributed by atoms with E-state index in [0.29, 0.717) is 6.61 Å². The molecule has 0 saturated carbocycles. The average Bonchev–Trinajstić information content (AvgIpc) is 2.44. The van der Waals surface area contributed by atoms with Crippen molar-refractivity contribution < 1.29 is 4.74 Å². The van der Waals surface area contributed by atoms with Gasteiger partial charge in [-0.15, -0.1) is 0 Å². The normalized spacial score (nSPS) is 12.0. The van der Waals surface area contributed by atoms with E-state index >= 15 is 0 Å². The van der Waals surface area contributed by atoms with Crippen LogP contribution >= 0.6 is 15.9 Å². The molecule has 0 aliphatic carbocycles. The highest BCUT2D eigenvalue weighted by molar-refractivity contribution is 9.10. The quantitative estimate of drug-likeness (QED) is 0.798. The van der Waals surface area contributed by atoms with Crippen LogP contribution in [-0.4, -0.2) is 6.61 Å². The monoisotopic (exact) mass is 333 g/mol. The molecule has 1 atom stereocenters. The van der Waals surface area contributed by atoms with Crippen LogP contribution in [0.1, 0.15) is 31.0 Å². The summed E-state index contributed by atoms with van der Waals surface area (Å²) in [6.45, 7) is 6.95. The molecular formula is C17H20BrNO. The summed E-state index contributed by atoms with van der Waals surface area (Å²) in [6.07, 6.45) is 0. The summed E-state index contributed by atoms with van der Waals surface area (Å²) < 4.78 is 6.78. The molecule has 0 radical (unpaired) electrons. The van der Waals surface area contributed by atoms with Gasteiger partial charge in [0.1, 0.15) is 5.75 Å². The molecule has 0 saturated heterocycles. The van der Waals surface area contributed by atoms with Crippen LogP contribution in [0.4, 0.5) is 5.69 Å². The van der Waals surface area contributed by atoms with Crippen molar-refractivity contribution in [1.82, 2.24) is 0 Å². The molecule has 2 nitrogen and oxygen atoms in total. The van der Waals surface area contributed by atoms with Gasteiger partial charge < -0.3 is 10.1 Å². The van der Waals surface area contributed by atoms with Crippen molar-refractivity contribution in [3.8, 4) is 5.75 Å². The highest BCUT2D eigenvalue weighted by atomic mass is 79.9. The maximum absolute atomic E-state index is 5.70. The lowest BCUT2D eigenvalue weighted by Gasteiger charge is -2.20. The van der Waals surface area contributed by atoms with Crippen molar-refractivity contribution in [3.63, 3.8) is 0 Å². The molecule has 2 aromatic carbocycles. The molecule has 0 spiro atoms. The van der Waals surface area contributed by atoms with Crippen molar-refractivity contribution in [2.24, 2.45) is 0 Å². The van der Waals surface area contributed by atoms with Crippen LogP contribution in [0.25, 0.3) is 0 Å². The lowest BCUT2D eigenvalue weighted by Crippen LogP contribution is -2.09. The number of nitrogens with one attached hydrogen (secondary N) is 1. The van der Waals surface area contributed by atoms with Gasteiger partial charge in [0, 0.05) is 15.7 Å².